The van der Waals surface area contributed by atoms with Crippen molar-refractivity contribution in [1.82, 2.24) is 0 Å². The third kappa shape index (κ3) is 4.05. The molecule has 0 fully saturated rings. The van der Waals surface area contributed by atoms with E-state index >= 15 is 0 Å². The molecule has 4 rings (SSSR count). The lowest BCUT2D eigenvalue weighted by molar-refractivity contribution is 0.482. The first-order chi connectivity index (χ1) is 13.7. The molecule has 0 amide bonds. The largest absolute Gasteiger partial charge is 0.457 e. The topological polar surface area (TPSA) is 26.3 Å². The van der Waals surface area contributed by atoms with Crippen molar-refractivity contribution in [2.45, 2.75) is 15.5 Å². The van der Waals surface area contributed by atoms with Crippen LogP contribution in [0.15, 0.2) is 125 Å². The average molecular weight is 386 g/mol. The Hall–Kier alpha value is -3.17. The van der Waals surface area contributed by atoms with Crippen LogP contribution in [0.1, 0.15) is 5.56 Å². The van der Waals surface area contributed by atoms with Crippen molar-refractivity contribution in [3.8, 4) is 11.5 Å². The molecule has 0 unspecified atom stereocenters. The molecule has 0 aliphatic rings. The van der Waals surface area contributed by atoms with Gasteiger partial charge in [0.2, 0.25) is 0 Å². The van der Waals surface area contributed by atoms with Gasteiger partial charge < -0.3 is 4.74 Å². The predicted octanol–water partition coefficient (Wildman–Crippen LogP) is 6.60. The molecular formula is C25H21O2S+. The molecule has 4 aromatic rings. The van der Waals surface area contributed by atoms with Crippen molar-refractivity contribution < 1.29 is 8.95 Å². The fourth-order valence-electron chi connectivity index (χ4n) is 3.10. The van der Waals surface area contributed by atoms with Gasteiger partial charge >= 0.3 is 0 Å². The summed E-state index contributed by atoms with van der Waals surface area (Å²) >= 11 is 0. The molecule has 2 nitrogen and oxygen atoms in total. The van der Waals surface area contributed by atoms with Gasteiger partial charge in [0.1, 0.15) is 17.3 Å². The summed E-state index contributed by atoms with van der Waals surface area (Å²) in [6.07, 6.45) is 0. The number of ether oxygens (including phenoxy) is 1. The van der Waals surface area contributed by atoms with E-state index in [1.54, 1.807) is 0 Å². The first-order valence-corrected chi connectivity index (χ1v) is 10.9. The molecule has 3 heteroatoms. The van der Waals surface area contributed by atoms with Gasteiger partial charge in [-0.25, -0.2) is 0 Å². The van der Waals surface area contributed by atoms with E-state index in [1.165, 1.54) is 0 Å². The van der Waals surface area contributed by atoms with Crippen molar-refractivity contribution in [2.24, 2.45) is 0 Å². The van der Waals surface area contributed by atoms with Crippen molar-refractivity contribution in [2.75, 3.05) is 0 Å². The number of rotatable bonds is 6. The van der Waals surface area contributed by atoms with E-state index in [4.69, 9.17) is 4.74 Å². The first kappa shape index (κ1) is 18.2. The van der Waals surface area contributed by atoms with E-state index in [0.717, 1.165) is 26.9 Å². The zero-order valence-corrected chi connectivity index (χ0v) is 16.2. The normalized spacial score (nSPS) is 11.1. The van der Waals surface area contributed by atoms with Crippen LogP contribution >= 0.6 is 0 Å². The molecule has 138 valence electrons. The molecule has 0 atom stereocenters. The highest BCUT2D eigenvalue weighted by Crippen LogP contribution is 2.33. The molecule has 0 aliphatic carbocycles. The fraction of sp³-hybridized carbons (Fsp3) is 0.0400. The smallest absolute Gasteiger partial charge is 0.163 e. The van der Waals surface area contributed by atoms with Crippen LogP contribution in [0.2, 0.25) is 0 Å². The Kier molecular flexibility index (Phi) is 5.36. The Morgan fingerprint density at radius 3 is 1.46 bits per heavy atom. The minimum absolute atomic E-state index is 0.451. The van der Waals surface area contributed by atoms with Gasteiger partial charge in [-0.3, -0.25) is 0 Å². The lowest BCUT2D eigenvalue weighted by Crippen LogP contribution is -2.15. The zero-order valence-electron chi connectivity index (χ0n) is 15.4. The number of para-hydroxylation sites is 1. The monoisotopic (exact) mass is 385 g/mol. The molecule has 0 saturated heterocycles. The van der Waals surface area contributed by atoms with Crippen molar-refractivity contribution in [1.29, 1.82) is 0 Å². The maximum atomic E-state index is 14.1. The molecule has 0 radical (unpaired) electrons. The van der Waals surface area contributed by atoms with Crippen LogP contribution in [0.25, 0.3) is 0 Å². The van der Waals surface area contributed by atoms with Crippen molar-refractivity contribution in [3.63, 3.8) is 0 Å². The molecule has 0 heterocycles. The number of hydrogen-bond donors (Lipinski definition) is 0. The van der Waals surface area contributed by atoms with Crippen LogP contribution in [-0.4, -0.2) is 0 Å². The van der Waals surface area contributed by atoms with Gasteiger partial charge in [-0.2, -0.15) is 0 Å². The van der Waals surface area contributed by atoms with Crippen molar-refractivity contribution >= 4 is 9.93 Å². The Morgan fingerprint density at radius 2 is 0.964 bits per heavy atom. The maximum absolute atomic E-state index is 14.1. The Balaban J connectivity index is 1.62. The van der Waals surface area contributed by atoms with E-state index in [-0.39, 0.29) is 0 Å². The lowest BCUT2D eigenvalue weighted by Gasteiger charge is -2.13. The van der Waals surface area contributed by atoms with Crippen molar-refractivity contribution in [3.05, 3.63) is 121 Å². The van der Waals surface area contributed by atoms with E-state index < -0.39 is 9.93 Å². The summed E-state index contributed by atoms with van der Waals surface area (Å²) < 4.78 is 20.0. The van der Waals surface area contributed by atoms with E-state index in [0.29, 0.717) is 5.75 Å². The number of hydrogen-bond acceptors (Lipinski definition) is 2. The van der Waals surface area contributed by atoms with Gasteiger partial charge in [-0.15, -0.1) is 0 Å². The van der Waals surface area contributed by atoms with Gasteiger partial charge in [0, 0.05) is 5.56 Å². The molecule has 28 heavy (non-hydrogen) atoms. The molecule has 0 bridgehead atoms. The Labute approximate surface area is 166 Å². The van der Waals surface area contributed by atoms with E-state index in [1.807, 2.05) is 115 Å². The van der Waals surface area contributed by atoms with Crippen LogP contribution in [0.5, 0.6) is 11.5 Å². The summed E-state index contributed by atoms with van der Waals surface area (Å²) in [4.78, 5) is 1.71. The molecular weight excluding hydrogens is 364 g/mol. The summed E-state index contributed by atoms with van der Waals surface area (Å²) in [5, 5.41) is 0. The summed E-state index contributed by atoms with van der Waals surface area (Å²) in [5.41, 5.74) is 1.01. The first-order valence-electron chi connectivity index (χ1n) is 9.18. The van der Waals surface area contributed by atoms with Gasteiger partial charge in [-0.05, 0) is 48.5 Å². The quantitative estimate of drug-likeness (QED) is 0.350. The van der Waals surface area contributed by atoms with Crippen LogP contribution in [0.4, 0.5) is 0 Å². The van der Waals surface area contributed by atoms with Crippen LogP contribution in [0, 0.1) is 0 Å². The van der Waals surface area contributed by atoms with Crippen LogP contribution in [0.3, 0.4) is 0 Å². The summed E-state index contributed by atoms with van der Waals surface area (Å²) in [6, 6.07) is 37.0. The second-order valence-electron chi connectivity index (χ2n) is 6.50. The third-order valence-electron chi connectivity index (χ3n) is 4.52. The molecule has 0 aliphatic heterocycles. The predicted molar refractivity (Wildman–Crippen MR) is 114 cm³/mol. The lowest BCUT2D eigenvalue weighted by atomic mass is 10.2. The summed E-state index contributed by atoms with van der Waals surface area (Å²) in [5.74, 6) is 2.01. The second kappa shape index (κ2) is 8.24. The second-order valence-corrected chi connectivity index (χ2v) is 9.09. The highest BCUT2D eigenvalue weighted by atomic mass is 32.2. The maximum Gasteiger partial charge on any atom is 0.163 e. The molecule has 4 aromatic carbocycles. The summed E-state index contributed by atoms with van der Waals surface area (Å²) in [6.45, 7) is 0. The SMILES string of the molecule is O=[S+](Cc1ccc(Oc2ccccc2)cc1)(c1ccccc1)c1ccccc1. The van der Waals surface area contributed by atoms with E-state index in [9.17, 15) is 4.21 Å². The molecule has 0 aromatic heterocycles. The number of benzene rings is 4. The van der Waals surface area contributed by atoms with Gasteiger partial charge in [0.05, 0.1) is 0 Å². The summed E-state index contributed by atoms with van der Waals surface area (Å²) in [7, 11) is -2.41. The minimum Gasteiger partial charge on any atom is -0.457 e. The van der Waals surface area contributed by atoms with Gasteiger partial charge in [0.15, 0.2) is 19.7 Å². The molecule has 0 spiro atoms. The fourth-order valence-corrected chi connectivity index (χ4v) is 5.56. The third-order valence-corrected chi connectivity index (χ3v) is 7.33. The zero-order chi connectivity index (χ0) is 19.2. The van der Waals surface area contributed by atoms with E-state index in [2.05, 4.69) is 0 Å². The minimum atomic E-state index is -2.41. The highest BCUT2D eigenvalue weighted by Gasteiger charge is 2.34. The molecule has 0 N–H and O–H groups in total. The van der Waals surface area contributed by atoms with Crippen LogP contribution < -0.4 is 4.74 Å². The van der Waals surface area contributed by atoms with Crippen LogP contribution in [-0.2, 0) is 19.9 Å². The standard InChI is InChI=1S/C25H21O2S/c26-28(24-12-6-2-7-13-24,25-14-8-3-9-15-25)20-21-16-18-23(19-17-21)27-22-10-4-1-5-11-22/h1-19H,20H2/q+1. The Bertz CT molecular complexity index is 1020. The average Bonchev–Trinajstić information content (AvgIpc) is 2.77. The van der Waals surface area contributed by atoms with Gasteiger partial charge in [-0.1, -0.05) is 70.9 Å². The van der Waals surface area contributed by atoms with Gasteiger partial charge in [0.25, 0.3) is 0 Å². The Morgan fingerprint density at radius 1 is 0.536 bits per heavy atom. The highest BCUT2D eigenvalue weighted by molar-refractivity contribution is 8.02. The molecule has 0 saturated carbocycles.